The fourth-order valence-corrected chi connectivity index (χ4v) is 4.34. The zero-order chi connectivity index (χ0) is 15.0. The van der Waals surface area contributed by atoms with Gasteiger partial charge < -0.3 is 0 Å². The number of hydrogen-bond acceptors (Lipinski definition) is 0. The van der Waals surface area contributed by atoms with Crippen LogP contribution in [0.1, 0.15) is 38.2 Å². The number of hydrogen-bond donors (Lipinski definition) is 0. The summed E-state index contributed by atoms with van der Waals surface area (Å²) in [7, 11) is 0. The molecule has 1 atom stereocenters. The second kappa shape index (κ2) is 5.98. The molecule has 2 aromatic carbocycles. The predicted octanol–water partition coefficient (Wildman–Crippen LogP) is 6.31. The second-order valence-electron chi connectivity index (χ2n) is 5.20. The summed E-state index contributed by atoms with van der Waals surface area (Å²) in [4.78, 5) is -0.0221. The Labute approximate surface area is 136 Å². The molecule has 0 amide bonds. The molecule has 0 saturated carbocycles. The maximum atomic E-state index is 13.5. The molecule has 0 bridgehead atoms. The van der Waals surface area contributed by atoms with Crippen molar-refractivity contribution >= 4 is 31.9 Å². The number of benzene rings is 2. The van der Waals surface area contributed by atoms with E-state index in [2.05, 4.69) is 65.6 Å². The van der Waals surface area contributed by atoms with Crippen molar-refractivity contribution < 1.29 is 4.39 Å². The third-order valence-corrected chi connectivity index (χ3v) is 5.58. The normalized spacial score (nSPS) is 12.6. The van der Waals surface area contributed by atoms with Crippen molar-refractivity contribution in [1.82, 2.24) is 0 Å². The minimum absolute atomic E-state index is 0.0221. The summed E-state index contributed by atoms with van der Waals surface area (Å²) in [6.07, 6.45) is 0. The molecular weight excluding hydrogens is 383 g/mol. The number of alkyl halides is 1. The first kappa shape index (κ1) is 15.7. The summed E-state index contributed by atoms with van der Waals surface area (Å²) >= 11 is 7.27. The quantitative estimate of drug-likeness (QED) is 0.519. The van der Waals surface area contributed by atoms with Gasteiger partial charge in [0.25, 0.3) is 0 Å². The molecular formula is C17H17Br2F. The highest BCUT2D eigenvalue weighted by Gasteiger charge is 2.20. The molecule has 106 valence electrons. The Morgan fingerprint density at radius 2 is 1.50 bits per heavy atom. The van der Waals surface area contributed by atoms with Crippen LogP contribution in [0, 0.1) is 33.5 Å². The van der Waals surface area contributed by atoms with Crippen LogP contribution in [-0.2, 0) is 0 Å². The van der Waals surface area contributed by atoms with Gasteiger partial charge >= 0.3 is 0 Å². The van der Waals surface area contributed by atoms with Gasteiger partial charge in [-0.05, 0) is 79.3 Å². The van der Waals surface area contributed by atoms with Gasteiger partial charge in [-0.3, -0.25) is 0 Å². The van der Waals surface area contributed by atoms with Gasteiger partial charge in [0.2, 0.25) is 0 Å². The maximum Gasteiger partial charge on any atom is 0.123 e. The zero-order valence-electron chi connectivity index (χ0n) is 12.0. The van der Waals surface area contributed by atoms with Crippen LogP contribution in [0.25, 0.3) is 0 Å². The average Bonchev–Trinajstić information content (AvgIpc) is 2.39. The monoisotopic (exact) mass is 398 g/mol. The van der Waals surface area contributed by atoms with Gasteiger partial charge in [0.15, 0.2) is 0 Å². The molecule has 0 spiro atoms. The first-order valence-electron chi connectivity index (χ1n) is 6.49. The highest BCUT2D eigenvalue weighted by Crippen LogP contribution is 2.40. The molecule has 2 aromatic rings. The van der Waals surface area contributed by atoms with Gasteiger partial charge in [-0.2, -0.15) is 0 Å². The van der Waals surface area contributed by atoms with Gasteiger partial charge in [0.1, 0.15) is 5.82 Å². The van der Waals surface area contributed by atoms with E-state index in [9.17, 15) is 4.39 Å². The van der Waals surface area contributed by atoms with E-state index in [1.165, 1.54) is 33.9 Å². The lowest BCUT2D eigenvalue weighted by Gasteiger charge is -2.21. The van der Waals surface area contributed by atoms with Crippen LogP contribution in [0.2, 0.25) is 0 Å². The summed E-state index contributed by atoms with van der Waals surface area (Å²) in [6.45, 7) is 8.48. The summed E-state index contributed by atoms with van der Waals surface area (Å²) in [5, 5.41) is 0. The summed E-state index contributed by atoms with van der Waals surface area (Å²) in [5.74, 6) is -0.215. The highest BCUT2D eigenvalue weighted by molar-refractivity contribution is 9.11. The molecule has 0 nitrogen and oxygen atoms in total. The van der Waals surface area contributed by atoms with Gasteiger partial charge in [-0.15, -0.1) is 0 Å². The minimum Gasteiger partial charge on any atom is -0.207 e. The van der Waals surface area contributed by atoms with Crippen LogP contribution in [0.3, 0.4) is 0 Å². The van der Waals surface area contributed by atoms with Crippen LogP contribution >= 0.6 is 31.9 Å². The van der Waals surface area contributed by atoms with Crippen molar-refractivity contribution in [1.29, 1.82) is 0 Å². The summed E-state index contributed by atoms with van der Waals surface area (Å²) in [5.41, 5.74) is 7.19. The SMILES string of the molecule is Cc1cc(C)c(C)c(C(Br)c2cc(F)ccc2Br)c1C. The van der Waals surface area contributed by atoms with E-state index in [0.717, 1.165) is 10.0 Å². The molecule has 0 N–H and O–H groups in total. The molecule has 0 aliphatic heterocycles. The van der Waals surface area contributed by atoms with Gasteiger partial charge in [-0.1, -0.05) is 37.9 Å². The Morgan fingerprint density at radius 1 is 0.950 bits per heavy atom. The Hall–Kier alpha value is -0.670. The van der Waals surface area contributed by atoms with Crippen LogP contribution in [-0.4, -0.2) is 0 Å². The number of rotatable bonds is 2. The lowest BCUT2D eigenvalue weighted by atomic mass is 9.90. The van der Waals surface area contributed by atoms with Crippen molar-refractivity contribution in [2.45, 2.75) is 32.5 Å². The van der Waals surface area contributed by atoms with Crippen LogP contribution in [0.15, 0.2) is 28.7 Å². The lowest BCUT2D eigenvalue weighted by Crippen LogP contribution is -2.04. The van der Waals surface area contributed by atoms with Crippen molar-refractivity contribution in [3.05, 3.63) is 67.9 Å². The van der Waals surface area contributed by atoms with Crippen LogP contribution in [0.4, 0.5) is 4.39 Å². The zero-order valence-corrected chi connectivity index (χ0v) is 15.2. The standard InChI is InChI=1S/C17H17Br2F/c1-9-7-10(2)12(4)16(11(9)3)17(19)14-8-13(20)5-6-15(14)18/h5-8,17H,1-4H3. The second-order valence-corrected chi connectivity index (χ2v) is 6.97. The first-order chi connectivity index (χ1) is 9.32. The molecule has 0 fully saturated rings. The van der Waals surface area contributed by atoms with Gasteiger partial charge in [0.05, 0.1) is 4.83 Å². The van der Waals surface area contributed by atoms with Crippen LogP contribution < -0.4 is 0 Å². The molecule has 3 heteroatoms. The Morgan fingerprint density at radius 3 is 2.05 bits per heavy atom. The van der Waals surface area contributed by atoms with Crippen LogP contribution in [0.5, 0.6) is 0 Å². The summed E-state index contributed by atoms with van der Waals surface area (Å²) in [6, 6.07) is 7.01. The van der Waals surface area contributed by atoms with Crippen molar-refractivity contribution in [3.63, 3.8) is 0 Å². The van der Waals surface area contributed by atoms with E-state index < -0.39 is 0 Å². The topological polar surface area (TPSA) is 0 Å². The summed E-state index contributed by atoms with van der Waals surface area (Å²) < 4.78 is 14.5. The molecule has 0 aliphatic rings. The van der Waals surface area contributed by atoms with E-state index in [-0.39, 0.29) is 10.6 Å². The number of halogens is 3. The van der Waals surface area contributed by atoms with E-state index >= 15 is 0 Å². The van der Waals surface area contributed by atoms with Crippen molar-refractivity contribution in [3.8, 4) is 0 Å². The van der Waals surface area contributed by atoms with E-state index in [1.807, 2.05) is 0 Å². The first-order valence-corrected chi connectivity index (χ1v) is 8.20. The third-order valence-electron chi connectivity index (χ3n) is 3.91. The number of aryl methyl sites for hydroxylation is 2. The fourth-order valence-electron chi connectivity index (χ4n) is 2.49. The van der Waals surface area contributed by atoms with Crippen molar-refractivity contribution in [2.24, 2.45) is 0 Å². The Kier molecular flexibility index (Phi) is 4.70. The smallest absolute Gasteiger partial charge is 0.123 e. The third kappa shape index (κ3) is 2.84. The Bertz CT molecular complexity index is 636. The molecule has 20 heavy (non-hydrogen) atoms. The fraction of sp³-hybridized carbons (Fsp3) is 0.294. The predicted molar refractivity (Wildman–Crippen MR) is 90.3 cm³/mol. The van der Waals surface area contributed by atoms with E-state index in [4.69, 9.17) is 0 Å². The molecule has 0 aliphatic carbocycles. The maximum absolute atomic E-state index is 13.5. The van der Waals surface area contributed by atoms with E-state index in [0.29, 0.717) is 0 Å². The highest BCUT2D eigenvalue weighted by atomic mass is 79.9. The van der Waals surface area contributed by atoms with Gasteiger partial charge in [0, 0.05) is 4.47 Å². The molecule has 2 rings (SSSR count). The van der Waals surface area contributed by atoms with Crippen molar-refractivity contribution in [2.75, 3.05) is 0 Å². The molecule has 0 heterocycles. The largest absolute Gasteiger partial charge is 0.207 e. The average molecular weight is 400 g/mol. The lowest BCUT2D eigenvalue weighted by molar-refractivity contribution is 0.625. The van der Waals surface area contributed by atoms with E-state index in [1.54, 1.807) is 12.1 Å². The van der Waals surface area contributed by atoms with Gasteiger partial charge in [-0.25, -0.2) is 4.39 Å². The molecule has 1 unspecified atom stereocenters. The Balaban J connectivity index is 2.65. The molecule has 0 aromatic heterocycles. The molecule has 0 saturated heterocycles. The minimum atomic E-state index is -0.215. The molecule has 0 radical (unpaired) electrons.